The minimum Gasteiger partial charge on any atom is -0.493 e. The predicted molar refractivity (Wildman–Crippen MR) is 119 cm³/mol. The molecule has 1 saturated heterocycles. The summed E-state index contributed by atoms with van der Waals surface area (Å²) in [7, 11) is 1.67. The smallest absolute Gasteiger partial charge is 0.162 e. The lowest BCUT2D eigenvalue weighted by molar-refractivity contribution is -1.02. The summed E-state index contributed by atoms with van der Waals surface area (Å²) in [5, 5.41) is 0. The number of benzene rings is 3. The molecule has 3 aromatic rings. The SMILES string of the molecule is COc1ccc(C[NH+]2CC[NH+](Cc3ccccc3F)CC2)cc1OCc1ccccc1. The van der Waals surface area contributed by atoms with Gasteiger partial charge in [0.05, 0.1) is 7.11 Å². The average molecular weight is 423 g/mol. The molecule has 1 aliphatic heterocycles. The molecule has 1 heterocycles. The van der Waals surface area contributed by atoms with E-state index >= 15 is 0 Å². The summed E-state index contributed by atoms with van der Waals surface area (Å²) in [6.45, 7) is 6.50. The highest BCUT2D eigenvalue weighted by Gasteiger charge is 2.24. The first-order chi connectivity index (χ1) is 15.2. The van der Waals surface area contributed by atoms with Gasteiger partial charge in [0.25, 0.3) is 0 Å². The van der Waals surface area contributed by atoms with Crippen molar-refractivity contribution in [1.82, 2.24) is 0 Å². The summed E-state index contributed by atoms with van der Waals surface area (Å²) in [6.07, 6.45) is 0. The maximum absolute atomic E-state index is 13.9. The highest BCUT2D eigenvalue weighted by atomic mass is 19.1. The third-order valence-corrected chi connectivity index (χ3v) is 5.98. The van der Waals surface area contributed by atoms with Crippen LogP contribution < -0.4 is 19.3 Å². The molecular formula is C26H31FN2O2+2. The number of halogens is 1. The molecular weight excluding hydrogens is 391 g/mol. The average Bonchev–Trinajstić information content (AvgIpc) is 2.81. The Morgan fingerprint density at radius 1 is 0.742 bits per heavy atom. The van der Waals surface area contributed by atoms with Gasteiger partial charge in [0.15, 0.2) is 11.5 Å². The van der Waals surface area contributed by atoms with Crippen molar-refractivity contribution in [1.29, 1.82) is 0 Å². The highest BCUT2D eigenvalue weighted by molar-refractivity contribution is 5.43. The van der Waals surface area contributed by atoms with Crippen LogP contribution in [0.3, 0.4) is 0 Å². The van der Waals surface area contributed by atoms with Crippen LogP contribution >= 0.6 is 0 Å². The van der Waals surface area contributed by atoms with Gasteiger partial charge in [-0.1, -0.05) is 48.5 Å². The second-order valence-corrected chi connectivity index (χ2v) is 8.20. The van der Waals surface area contributed by atoms with Crippen molar-refractivity contribution in [2.75, 3.05) is 33.3 Å². The molecule has 0 bridgehead atoms. The van der Waals surface area contributed by atoms with Crippen LogP contribution in [0.5, 0.6) is 11.5 Å². The van der Waals surface area contributed by atoms with Crippen LogP contribution in [0.25, 0.3) is 0 Å². The van der Waals surface area contributed by atoms with Gasteiger partial charge < -0.3 is 19.3 Å². The van der Waals surface area contributed by atoms with Crippen LogP contribution in [0, 0.1) is 5.82 Å². The van der Waals surface area contributed by atoms with Crippen molar-refractivity contribution in [3.8, 4) is 11.5 Å². The van der Waals surface area contributed by atoms with E-state index in [2.05, 4.69) is 24.3 Å². The van der Waals surface area contributed by atoms with Gasteiger partial charge in [-0.2, -0.15) is 0 Å². The Hall–Kier alpha value is -2.89. The first-order valence-corrected chi connectivity index (χ1v) is 11.0. The maximum Gasteiger partial charge on any atom is 0.162 e. The number of quaternary nitrogens is 2. The van der Waals surface area contributed by atoms with Crippen molar-refractivity contribution in [2.45, 2.75) is 19.7 Å². The number of piperazine rings is 1. The molecule has 2 N–H and O–H groups in total. The molecule has 0 radical (unpaired) electrons. The molecule has 0 saturated carbocycles. The normalized spacial score (nSPS) is 18.5. The van der Waals surface area contributed by atoms with Gasteiger partial charge in [0.1, 0.15) is 51.7 Å². The second kappa shape index (κ2) is 10.4. The van der Waals surface area contributed by atoms with Crippen molar-refractivity contribution in [3.63, 3.8) is 0 Å². The van der Waals surface area contributed by atoms with Crippen LogP contribution in [0.1, 0.15) is 16.7 Å². The Bertz CT molecular complexity index is 972. The summed E-state index contributed by atoms with van der Waals surface area (Å²) in [5.74, 6) is 1.45. The van der Waals surface area contributed by atoms with Gasteiger partial charge >= 0.3 is 0 Å². The molecule has 0 atom stereocenters. The molecule has 4 nitrogen and oxygen atoms in total. The molecule has 0 unspecified atom stereocenters. The van der Waals surface area contributed by atoms with Crippen LogP contribution in [0.4, 0.5) is 4.39 Å². The molecule has 0 spiro atoms. The molecule has 5 heteroatoms. The number of rotatable bonds is 8. The molecule has 0 amide bonds. The molecule has 1 fully saturated rings. The van der Waals surface area contributed by atoms with Crippen molar-refractivity contribution in [3.05, 3.63) is 95.3 Å². The zero-order valence-electron chi connectivity index (χ0n) is 18.1. The van der Waals surface area contributed by atoms with Crippen LogP contribution in [0.2, 0.25) is 0 Å². The lowest BCUT2D eigenvalue weighted by Crippen LogP contribution is -3.27. The molecule has 0 aliphatic carbocycles. The van der Waals surface area contributed by atoms with Crippen molar-refractivity contribution in [2.24, 2.45) is 0 Å². The minimum atomic E-state index is -0.0916. The topological polar surface area (TPSA) is 27.3 Å². The Kier molecular flexibility index (Phi) is 7.18. The molecule has 0 aromatic heterocycles. The minimum absolute atomic E-state index is 0.0916. The first kappa shape index (κ1) is 21.3. The third kappa shape index (κ3) is 5.84. The van der Waals surface area contributed by atoms with Crippen molar-refractivity contribution < 1.29 is 23.7 Å². The molecule has 3 aromatic carbocycles. The van der Waals surface area contributed by atoms with E-state index in [1.165, 1.54) is 10.5 Å². The van der Waals surface area contributed by atoms with Crippen molar-refractivity contribution >= 4 is 0 Å². The monoisotopic (exact) mass is 422 g/mol. The van der Waals surface area contributed by atoms with E-state index in [0.717, 1.165) is 61.9 Å². The Morgan fingerprint density at radius 2 is 1.42 bits per heavy atom. The van der Waals surface area contributed by atoms with Crippen LogP contribution in [0.15, 0.2) is 72.8 Å². The number of nitrogens with one attached hydrogen (secondary N) is 2. The molecule has 4 rings (SSSR count). The number of hydrogen-bond donors (Lipinski definition) is 2. The third-order valence-electron chi connectivity index (χ3n) is 5.98. The summed E-state index contributed by atoms with van der Waals surface area (Å²) in [5.41, 5.74) is 3.20. The summed E-state index contributed by atoms with van der Waals surface area (Å²) < 4.78 is 25.5. The van der Waals surface area contributed by atoms with E-state index < -0.39 is 0 Å². The molecule has 31 heavy (non-hydrogen) atoms. The largest absolute Gasteiger partial charge is 0.493 e. The highest BCUT2D eigenvalue weighted by Crippen LogP contribution is 2.28. The zero-order chi connectivity index (χ0) is 21.5. The summed E-state index contributed by atoms with van der Waals surface area (Å²) in [4.78, 5) is 3.01. The van der Waals surface area contributed by atoms with Crippen LogP contribution in [-0.2, 0) is 19.7 Å². The second-order valence-electron chi connectivity index (χ2n) is 8.20. The number of hydrogen-bond acceptors (Lipinski definition) is 2. The summed E-state index contributed by atoms with van der Waals surface area (Å²) in [6, 6.07) is 23.5. The lowest BCUT2D eigenvalue weighted by atomic mass is 10.1. The van der Waals surface area contributed by atoms with E-state index in [4.69, 9.17) is 9.47 Å². The van der Waals surface area contributed by atoms with E-state index in [1.807, 2.05) is 36.4 Å². The fourth-order valence-electron chi connectivity index (χ4n) is 4.19. The zero-order valence-corrected chi connectivity index (χ0v) is 18.1. The number of ether oxygens (including phenoxy) is 2. The van der Waals surface area contributed by atoms with Gasteiger partial charge in [-0.3, -0.25) is 0 Å². The quantitative estimate of drug-likeness (QED) is 0.580. The van der Waals surface area contributed by atoms with Gasteiger partial charge in [-0.15, -0.1) is 0 Å². The Morgan fingerprint density at radius 3 is 2.13 bits per heavy atom. The number of methoxy groups -OCH3 is 1. The van der Waals surface area contributed by atoms with E-state index in [0.29, 0.717) is 6.61 Å². The fourth-order valence-corrected chi connectivity index (χ4v) is 4.19. The van der Waals surface area contributed by atoms with Gasteiger partial charge in [0.2, 0.25) is 0 Å². The van der Waals surface area contributed by atoms with E-state index in [1.54, 1.807) is 24.1 Å². The maximum atomic E-state index is 13.9. The van der Waals surface area contributed by atoms with Gasteiger partial charge in [-0.05, 0) is 29.8 Å². The Balaban J connectivity index is 1.32. The van der Waals surface area contributed by atoms with E-state index in [9.17, 15) is 4.39 Å². The van der Waals surface area contributed by atoms with Crippen LogP contribution in [-0.4, -0.2) is 33.3 Å². The predicted octanol–water partition coefficient (Wildman–Crippen LogP) is 1.90. The van der Waals surface area contributed by atoms with E-state index in [-0.39, 0.29) is 5.82 Å². The lowest BCUT2D eigenvalue weighted by Gasteiger charge is -2.30. The van der Waals surface area contributed by atoms with Gasteiger partial charge in [-0.25, -0.2) is 4.39 Å². The first-order valence-electron chi connectivity index (χ1n) is 11.0. The Labute approximate surface area is 183 Å². The standard InChI is InChI=1S/C26H29FN2O2/c1-30-25-12-11-22(17-26(25)31-20-21-7-3-2-4-8-21)18-28-13-15-29(16-14-28)19-23-9-5-6-10-24(23)27/h2-12,17H,13-16,18-20H2,1H3/p+2. The molecule has 1 aliphatic rings. The van der Waals surface area contributed by atoms with Gasteiger partial charge in [0, 0.05) is 11.1 Å². The summed E-state index contributed by atoms with van der Waals surface area (Å²) >= 11 is 0. The fraction of sp³-hybridized carbons (Fsp3) is 0.308. The molecule has 162 valence electrons.